The number of nitrogens with zero attached hydrogens (tertiary/aromatic N) is 3. The average molecular weight is 286 g/mol. The number of hydrogen-bond donors (Lipinski definition) is 2. The lowest BCUT2D eigenvalue weighted by Gasteiger charge is -2.11. The van der Waals surface area contributed by atoms with Crippen LogP contribution in [0.2, 0.25) is 0 Å². The van der Waals surface area contributed by atoms with Gasteiger partial charge in [0.2, 0.25) is 0 Å². The van der Waals surface area contributed by atoms with Crippen LogP contribution in [-0.2, 0) is 11.3 Å². The molecule has 20 heavy (non-hydrogen) atoms. The van der Waals surface area contributed by atoms with Gasteiger partial charge in [-0.25, -0.2) is 0 Å². The van der Waals surface area contributed by atoms with Gasteiger partial charge < -0.3 is 15.2 Å². The first-order chi connectivity index (χ1) is 9.63. The maximum absolute atomic E-state index is 10.5. The Morgan fingerprint density at radius 2 is 2.40 bits per heavy atom. The standard InChI is InChI=1S/C12H22N4O4/c1-2-3-5-20-6-4-13-8-12(17)10-15-9-11(7-14-15)16(18)19/h7,9,12-13,17H,2-6,8,10H2,1H3. The highest BCUT2D eigenvalue weighted by atomic mass is 16.6. The molecule has 0 fully saturated rings. The van der Waals surface area contributed by atoms with Crippen molar-refractivity contribution in [1.29, 1.82) is 0 Å². The fraction of sp³-hybridized carbons (Fsp3) is 0.750. The van der Waals surface area contributed by atoms with Crippen LogP contribution in [-0.4, -0.2) is 52.2 Å². The van der Waals surface area contributed by atoms with Gasteiger partial charge in [-0.3, -0.25) is 14.8 Å². The van der Waals surface area contributed by atoms with Crippen LogP contribution in [0.4, 0.5) is 5.69 Å². The van der Waals surface area contributed by atoms with Crippen molar-refractivity contribution in [1.82, 2.24) is 15.1 Å². The van der Waals surface area contributed by atoms with Crippen LogP contribution in [0.3, 0.4) is 0 Å². The maximum Gasteiger partial charge on any atom is 0.306 e. The Hall–Kier alpha value is -1.51. The molecule has 8 heteroatoms. The van der Waals surface area contributed by atoms with Gasteiger partial charge in [0.25, 0.3) is 0 Å². The first kappa shape index (κ1) is 16.5. The van der Waals surface area contributed by atoms with Crippen molar-refractivity contribution in [3.05, 3.63) is 22.5 Å². The molecule has 0 amide bonds. The van der Waals surface area contributed by atoms with Gasteiger partial charge in [-0.15, -0.1) is 0 Å². The van der Waals surface area contributed by atoms with E-state index in [9.17, 15) is 15.2 Å². The fourth-order valence-corrected chi connectivity index (χ4v) is 1.59. The van der Waals surface area contributed by atoms with Crippen molar-refractivity contribution in [2.24, 2.45) is 0 Å². The molecule has 0 saturated carbocycles. The summed E-state index contributed by atoms with van der Waals surface area (Å²) in [6.45, 7) is 4.76. The molecule has 1 atom stereocenters. The minimum absolute atomic E-state index is 0.0746. The van der Waals surface area contributed by atoms with Crippen LogP contribution in [0, 0.1) is 10.1 Å². The lowest BCUT2D eigenvalue weighted by molar-refractivity contribution is -0.385. The summed E-state index contributed by atoms with van der Waals surface area (Å²) in [7, 11) is 0. The number of aliphatic hydroxyl groups is 1. The predicted octanol–water partition coefficient (Wildman–Crippen LogP) is 0.558. The van der Waals surface area contributed by atoms with Crippen molar-refractivity contribution < 1.29 is 14.8 Å². The summed E-state index contributed by atoms with van der Waals surface area (Å²) in [5.41, 5.74) is -0.0746. The van der Waals surface area contributed by atoms with E-state index in [0.29, 0.717) is 19.7 Å². The average Bonchev–Trinajstić information content (AvgIpc) is 2.86. The van der Waals surface area contributed by atoms with Gasteiger partial charge in [-0.2, -0.15) is 5.10 Å². The summed E-state index contributed by atoms with van der Waals surface area (Å²) in [5, 5.41) is 27.1. The highest BCUT2D eigenvalue weighted by molar-refractivity contribution is 5.20. The van der Waals surface area contributed by atoms with E-state index in [0.717, 1.165) is 19.4 Å². The van der Waals surface area contributed by atoms with Gasteiger partial charge in [-0.05, 0) is 6.42 Å². The van der Waals surface area contributed by atoms with Gasteiger partial charge in [0, 0.05) is 19.7 Å². The minimum atomic E-state index is -0.648. The van der Waals surface area contributed by atoms with Crippen molar-refractivity contribution in [3.8, 4) is 0 Å². The third-order valence-corrected chi connectivity index (χ3v) is 2.67. The second kappa shape index (κ2) is 9.40. The molecule has 1 unspecified atom stereocenters. The lowest BCUT2D eigenvalue weighted by Crippen LogP contribution is -2.32. The van der Waals surface area contributed by atoms with E-state index in [-0.39, 0.29) is 12.2 Å². The zero-order valence-electron chi connectivity index (χ0n) is 11.7. The van der Waals surface area contributed by atoms with E-state index >= 15 is 0 Å². The van der Waals surface area contributed by atoms with Crippen LogP contribution >= 0.6 is 0 Å². The van der Waals surface area contributed by atoms with Crippen LogP contribution in [0.1, 0.15) is 19.8 Å². The summed E-state index contributed by atoms with van der Waals surface area (Å²) in [6.07, 6.45) is 3.99. The molecule has 1 heterocycles. The highest BCUT2D eigenvalue weighted by Crippen LogP contribution is 2.07. The Kier molecular flexibility index (Phi) is 7.78. The Morgan fingerprint density at radius 3 is 3.05 bits per heavy atom. The predicted molar refractivity (Wildman–Crippen MR) is 73.5 cm³/mol. The normalized spacial score (nSPS) is 12.5. The monoisotopic (exact) mass is 286 g/mol. The molecule has 1 rings (SSSR count). The molecule has 0 spiro atoms. The largest absolute Gasteiger partial charge is 0.390 e. The molecule has 0 aliphatic rings. The Balaban J connectivity index is 2.10. The number of rotatable bonds is 11. The first-order valence-electron chi connectivity index (χ1n) is 6.76. The van der Waals surface area contributed by atoms with Gasteiger partial charge in [0.1, 0.15) is 12.4 Å². The third-order valence-electron chi connectivity index (χ3n) is 2.67. The maximum atomic E-state index is 10.5. The van der Waals surface area contributed by atoms with E-state index in [2.05, 4.69) is 17.3 Å². The number of aliphatic hydroxyl groups excluding tert-OH is 1. The highest BCUT2D eigenvalue weighted by Gasteiger charge is 2.11. The molecule has 0 saturated heterocycles. The Morgan fingerprint density at radius 1 is 1.60 bits per heavy atom. The first-order valence-corrected chi connectivity index (χ1v) is 6.76. The molecule has 0 bridgehead atoms. The molecule has 1 aromatic rings. The molecule has 8 nitrogen and oxygen atoms in total. The number of aromatic nitrogens is 2. The molecule has 2 N–H and O–H groups in total. The Labute approximate surface area is 117 Å². The number of nitro groups is 1. The number of unbranched alkanes of at least 4 members (excludes halogenated alkanes) is 1. The number of ether oxygens (including phenoxy) is 1. The van der Waals surface area contributed by atoms with Crippen LogP contribution in [0.15, 0.2) is 12.4 Å². The molecule has 0 aromatic carbocycles. The minimum Gasteiger partial charge on any atom is -0.390 e. The van der Waals surface area contributed by atoms with Crippen molar-refractivity contribution in [2.45, 2.75) is 32.4 Å². The van der Waals surface area contributed by atoms with Crippen LogP contribution in [0.5, 0.6) is 0 Å². The molecule has 0 aliphatic carbocycles. The molecule has 114 valence electrons. The zero-order valence-corrected chi connectivity index (χ0v) is 11.7. The molecular formula is C12H22N4O4. The second-order valence-corrected chi connectivity index (χ2v) is 4.50. The topological polar surface area (TPSA) is 102 Å². The fourth-order valence-electron chi connectivity index (χ4n) is 1.59. The zero-order chi connectivity index (χ0) is 14.8. The lowest BCUT2D eigenvalue weighted by atomic mass is 10.3. The Bertz CT molecular complexity index is 397. The van der Waals surface area contributed by atoms with E-state index in [1.807, 2.05) is 0 Å². The summed E-state index contributed by atoms with van der Waals surface area (Å²) < 4.78 is 6.73. The summed E-state index contributed by atoms with van der Waals surface area (Å²) in [4.78, 5) is 9.97. The van der Waals surface area contributed by atoms with E-state index in [1.54, 1.807) is 0 Å². The second-order valence-electron chi connectivity index (χ2n) is 4.50. The van der Waals surface area contributed by atoms with Gasteiger partial charge in [0.15, 0.2) is 0 Å². The third kappa shape index (κ3) is 6.60. The molecule has 0 aliphatic heterocycles. The molecular weight excluding hydrogens is 264 g/mol. The summed E-state index contributed by atoms with van der Waals surface area (Å²) >= 11 is 0. The van der Waals surface area contributed by atoms with E-state index in [1.165, 1.54) is 17.1 Å². The smallest absolute Gasteiger partial charge is 0.306 e. The van der Waals surface area contributed by atoms with Crippen LogP contribution < -0.4 is 5.32 Å². The number of nitrogens with one attached hydrogen (secondary N) is 1. The quantitative estimate of drug-likeness (QED) is 0.350. The van der Waals surface area contributed by atoms with Gasteiger partial charge in [0.05, 0.1) is 24.2 Å². The SMILES string of the molecule is CCCCOCCNCC(O)Cn1cc([N+](=O)[O-])cn1. The summed E-state index contributed by atoms with van der Waals surface area (Å²) in [6, 6.07) is 0. The van der Waals surface area contributed by atoms with Crippen LogP contribution in [0.25, 0.3) is 0 Å². The van der Waals surface area contributed by atoms with Gasteiger partial charge >= 0.3 is 5.69 Å². The van der Waals surface area contributed by atoms with E-state index in [4.69, 9.17) is 4.74 Å². The van der Waals surface area contributed by atoms with E-state index < -0.39 is 11.0 Å². The molecule has 1 aromatic heterocycles. The van der Waals surface area contributed by atoms with Crippen molar-refractivity contribution >= 4 is 5.69 Å². The van der Waals surface area contributed by atoms with Crippen molar-refractivity contribution in [3.63, 3.8) is 0 Å². The van der Waals surface area contributed by atoms with Gasteiger partial charge in [-0.1, -0.05) is 13.3 Å². The molecule has 0 radical (unpaired) electrons. The van der Waals surface area contributed by atoms with Crippen molar-refractivity contribution in [2.75, 3.05) is 26.3 Å². The number of hydrogen-bond acceptors (Lipinski definition) is 6. The summed E-state index contributed by atoms with van der Waals surface area (Å²) in [5.74, 6) is 0.